The molecule has 0 aliphatic carbocycles. The van der Waals surface area contributed by atoms with Crippen LogP contribution in [0.25, 0.3) is 11.4 Å². The minimum absolute atomic E-state index is 0. The van der Waals surface area contributed by atoms with E-state index in [0.29, 0.717) is 11.8 Å². The molecule has 0 amide bonds. The zero-order valence-electron chi connectivity index (χ0n) is 44.0. The van der Waals surface area contributed by atoms with Crippen molar-refractivity contribution in [3.05, 3.63) is 135 Å². The van der Waals surface area contributed by atoms with Gasteiger partial charge < -0.3 is 28.9 Å². The smallest absolute Gasteiger partial charge is 0.399 e. The van der Waals surface area contributed by atoms with E-state index in [1.807, 2.05) is 24.3 Å². The van der Waals surface area contributed by atoms with E-state index in [1.165, 1.54) is 22.7 Å². The van der Waals surface area contributed by atoms with Crippen molar-refractivity contribution in [3.8, 4) is 11.4 Å². The van der Waals surface area contributed by atoms with Crippen LogP contribution in [0.15, 0.2) is 124 Å². The predicted octanol–water partition coefficient (Wildman–Crippen LogP) is 8.61. The number of anilines is 4. The molecule has 4 radical (unpaired) electrons. The molecule has 5 heterocycles. The molecule has 0 saturated carbocycles. The molecular formula is C54H72B2BrN10O4Y. The number of aromatic nitrogens is 6. The fraction of sp³-hybridized carbons (Fsp3) is 0.481. The molecule has 378 valence electrons. The van der Waals surface area contributed by atoms with Crippen molar-refractivity contribution >= 4 is 59.7 Å². The standard InChI is InChI=1S/C30H42BN5O3.C24H30BrN5O.B.Y/c1-8-27(22(2)3)36-28(37)35(21-32-36)26-15-13-25(14-16-26)34-19-17-33(18-20-34)24-11-9-23(10-12-24)31-38-29(4,5)30(6,7)39-31;1-4-23(18(2)3)30-24(31)29(17-26-30)22-11-9-21(10-12-22)28-15-13-27(14-16-28)20-7-5-19(25)6-8-20;;/h9-16,21-22,27H,8,17-20H2,1-7H3;5-12,17-18,23H,4,13-16H2,1-3H3;;/t27-;23-;;/m00../s1. The maximum atomic E-state index is 13.0. The van der Waals surface area contributed by atoms with Crippen molar-refractivity contribution in [3.63, 3.8) is 0 Å². The second-order valence-corrected chi connectivity index (χ2v) is 21.4. The van der Waals surface area contributed by atoms with Crippen molar-refractivity contribution in [2.24, 2.45) is 11.8 Å². The van der Waals surface area contributed by atoms with Crippen LogP contribution in [0, 0.1) is 11.8 Å². The predicted molar refractivity (Wildman–Crippen MR) is 295 cm³/mol. The topological polar surface area (TPSA) is 111 Å². The van der Waals surface area contributed by atoms with Gasteiger partial charge in [0.05, 0.1) is 34.7 Å². The van der Waals surface area contributed by atoms with Gasteiger partial charge >= 0.3 is 18.5 Å². The van der Waals surface area contributed by atoms with Gasteiger partial charge in [0.1, 0.15) is 12.7 Å². The summed E-state index contributed by atoms with van der Waals surface area (Å²) in [5.74, 6) is 0.717. The molecule has 3 fully saturated rings. The van der Waals surface area contributed by atoms with Crippen LogP contribution in [0.4, 0.5) is 22.7 Å². The van der Waals surface area contributed by atoms with Crippen molar-refractivity contribution in [1.82, 2.24) is 28.7 Å². The summed E-state index contributed by atoms with van der Waals surface area (Å²) < 4.78 is 20.0. The molecule has 18 heteroatoms. The SMILES string of the molecule is CC[C@@H](C(C)C)n1ncn(-c2ccc(N3CCN(c4ccc(B5OC(C)(C)C(C)(C)O5)cc4)CC3)cc2)c1=O.CC[C@@H](C(C)C)n1ncn(-c2ccc(N3CCN(c4ccc(Br)cc4)CC3)cc2)c1=O.[B].[Y]. The Hall–Kier alpha value is -4.41. The summed E-state index contributed by atoms with van der Waals surface area (Å²) in [6, 6.07) is 33.8. The third-order valence-electron chi connectivity index (χ3n) is 14.9. The van der Waals surface area contributed by atoms with Crippen LogP contribution in [0.3, 0.4) is 0 Å². The van der Waals surface area contributed by atoms with Gasteiger partial charge in [0.15, 0.2) is 0 Å². The molecule has 3 saturated heterocycles. The van der Waals surface area contributed by atoms with Gasteiger partial charge in [-0.15, -0.1) is 0 Å². The molecule has 6 aromatic rings. The molecule has 4 aromatic carbocycles. The largest absolute Gasteiger partial charge is 0.494 e. The molecule has 0 bridgehead atoms. The van der Waals surface area contributed by atoms with Crippen LogP contribution in [-0.4, -0.2) is 108 Å². The molecular weight excluding hydrogens is 1040 g/mol. The zero-order valence-corrected chi connectivity index (χ0v) is 48.4. The molecule has 2 aromatic heterocycles. The molecule has 0 N–H and O–H groups in total. The summed E-state index contributed by atoms with van der Waals surface area (Å²) in [5.41, 5.74) is 6.75. The van der Waals surface area contributed by atoms with E-state index < -0.39 is 0 Å². The zero-order chi connectivity index (χ0) is 49.9. The van der Waals surface area contributed by atoms with Gasteiger partial charge in [-0.05, 0) is 143 Å². The Balaban J connectivity index is 0.000000235. The normalized spacial score (nSPS) is 17.3. The Bertz CT molecular complexity index is 2750. The summed E-state index contributed by atoms with van der Waals surface area (Å²) in [6.45, 7) is 28.7. The third-order valence-corrected chi connectivity index (χ3v) is 15.4. The molecule has 9 rings (SSSR count). The molecule has 0 spiro atoms. The molecule has 14 nitrogen and oxygen atoms in total. The molecule has 3 aliphatic rings. The maximum Gasteiger partial charge on any atom is 0.494 e. The monoisotopic (exact) mass is 1110 g/mol. The Morgan fingerprint density at radius 2 is 0.792 bits per heavy atom. The van der Waals surface area contributed by atoms with Gasteiger partial charge in [0.25, 0.3) is 0 Å². The van der Waals surface area contributed by atoms with E-state index in [1.54, 1.807) is 31.2 Å². The van der Waals surface area contributed by atoms with E-state index in [9.17, 15) is 9.59 Å². The van der Waals surface area contributed by atoms with Crippen LogP contribution in [0.1, 0.15) is 94.2 Å². The van der Waals surface area contributed by atoms with Gasteiger partial charge in [-0.1, -0.05) is 69.6 Å². The number of benzene rings is 4. The Morgan fingerprint density at radius 3 is 1.08 bits per heavy atom. The third kappa shape index (κ3) is 12.4. The second-order valence-electron chi connectivity index (χ2n) is 20.5. The van der Waals surface area contributed by atoms with Gasteiger partial charge in [0, 0.05) is 121 Å². The second kappa shape index (κ2) is 24.3. The van der Waals surface area contributed by atoms with Crippen LogP contribution in [-0.2, 0) is 42.0 Å². The molecule has 3 aliphatic heterocycles. The number of nitrogens with zero attached hydrogens (tertiary/aromatic N) is 10. The fourth-order valence-electron chi connectivity index (χ4n) is 9.86. The minimum atomic E-state index is -0.339. The first kappa shape index (κ1) is 56.9. The Kier molecular flexibility index (Phi) is 19.2. The summed E-state index contributed by atoms with van der Waals surface area (Å²) in [7, 11) is -0.336. The van der Waals surface area contributed by atoms with Gasteiger partial charge in [-0.2, -0.15) is 10.2 Å². The summed E-state index contributed by atoms with van der Waals surface area (Å²) >= 11 is 3.50. The first-order valence-electron chi connectivity index (χ1n) is 25.2. The molecule has 72 heavy (non-hydrogen) atoms. The van der Waals surface area contributed by atoms with Crippen LogP contribution >= 0.6 is 15.9 Å². The fourth-order valence-corrected chi connectivity index (χ4v) is 10.1. The van der Waals surface area contributed by atoms with Crippen molar-refractivity contribution < 1.29 is 42.0 Å². The average Bonchev–Trinajstić information content (AvgIpc) is 4.00. The Labute approximate surface area is 462 Å². The van der Waals surface area contributed by atoms with E-state index in [0.717, 1.165) is 86.5 Å². The first-order chi connectivity index (χ1) is 33.5. The number of hydrogen-bond acceptors (Lipinski definition) is 10. The van der Waals surface area contributed by atoms with Crippen LogP contribution in [0.5, 0.6) is 0 Å². The number of halogens is 1. The average molecular weight is 1120 g/mol. The maximum absolute atomic E-state index is 13.0. The van der Waals surface area contributed by atoms with Crippen LogP contribution < -0.4 is 36.4 Å². The van der Waals surface area contributed by atoms with E-state index >= 15 is 0 Å². The molecule has 0 unspecified atom stereocenters. The number of rotatable bonds is 13. The number of piperazine rings is 2. The molecule has 2 atom stereocenters. The number of hydrogen-bond donors (Lipinski definition) is 0. The summed E-state index contributed by atoms with van der Waals surface area (Å²) in [4.78, 5) is 35.6. The first-order valence-corrected chi connectivity index (χ1v) is 26.0. The Morgan fingerprint density at radius 1 is 0.514 bits per heavy atom. The van der Waals surface area contributed by atoms with Crippen molar-refractivity contribution in [2.45, 2.75) is 105 Å². The quantitative estimate of drug-likeness (QED) is 0.104. The van der Waals surface area contributed by atoms with Crippen molar-refractivity contribution in [1.29, 1.82) is 0 Å². The van der Waals surface area contributed by atoms with Gasteiger partial charge in [-0.3, -0.25) is 0 Å². The van der Waals surface area contributed by atoms with Crippen molar-refractivity contribution in [2.75, 3.05) is 72.0 Å². The van der Waals surface area contributed by atoms with Crippen LogP contribution in [0.2, 0.25) is 0 Å². The van der Waals surface area contributed by atoms with Gasteiger partial charge in [0.2, 0.25) is 0 Å². The summed E-state index contributed by atoms with van der Waals surface area (Å²) in [5, 5.41) is 8.80. The van der Waals surface area contributed by atoms with E-state index in [4.69, 9.17) is 9.31 Å². The van der Waals surface area contributed by atoms with Gasteiger partial charge in [-0.25, -0.2) is 28.1 Å². The van der Waals surface area contributed by atoms with E-state index in [-0.39, 0.29) is 82.9 Å². The summed E-state index contributed by atoms with van der Waals surface area (Å²) in [6.07, 6.45) is 5.04. The van der Waals surface area contributed by atoms with E-state index in [2.05, 4.69) is 188 Å². The minimum Gasteiger partial charge on any atom is -0.399 e.